The zero-order valence-corrected chi connectivity index (χ0v) is 20.2. The van der Waals surface area contributed by atoms with Crippen LogP contribution in [0.5, 0.6) is 17.2 Å². The maximum atomic E-state index is 13.7. The van der Waals surface area contributed by atoms with E-state index < -0.39 is 5.41 Å². The fraction of sp³-hybridized carbons (Fsp3) is 0.345. The first-order valence-electron chi connectivity index (χ1n) is 12.3. The highest BCUT2D eigenvalue weighted by atomic mass is 16.7. The molecular formula is C29H27NO6. The largest absolute Gasteiger partial charge is 0.492 e. The summed E-state index contributed by atoms with van der Waals surface area (Å²) in [6.07, 6.45) is 4.73. The average molecular weight is 486 g/mol. The van der Waals surface area contributed by atoms with E-state index in [1.54, 1.807) is 14.2 Å². The van der Waals surface area contributed by atoms with Crippen molar-refractivity contribution in [3.8, 4) is 17.2 Å². The molecule has 0 radical (unpaired) electrons. The molecule has 3 aromatic carbocycles. The molecule has 3 aromatic rings. The van der Waals surface area contributed by atoms with Crippen molar-refractivity contribution < 1.29 is 28.5 Å². The minimum Gasteiger partial charge on any atom is -0.492 e. The zero-order valence-electron chi connectivity index (χ0n) is 20.2. The Labute approximate surface area is 209 Å². The average Bonchev–Trinajstić information content (AvgIpc) is 3.47. The standard InChI is InChI=1S/C29H27NO6/c1-32-18-10-11-29-22-13-23-27(35-16-34-23)26(33-2)21(22)14-30(24(29)12-18)15-25(29)36-28(31)20-9-5-7-17-6-3-4-8-19(17)20/h3-11,13,18,24-25H,12,14-16H2,1-2H3/t18-,24-,25+,29+/m0/s1. The summed E-state index contributed by atoms with van der Waals surface area (Å²) in [5, 5.41) is 1.91. The molecule has 7 rings (SSSR count). The molecule has 0 aromatic heterocycles. The molecule has 3 aliphatic heterocycles. The smallest absolute Gasteiger partial charge is 0.339 e. The van der Waals surface area contributed by atoms with E-state index in [4.69, 9.17) is 23.7 Å². The zero-order chi connectivity index (χ0) is 24.4. The summed E-state index contributed by atoms with van der Waals surface area (Å²) < 4.78 is 29.5. The first kappa shape index (κ1) is 21.7. The minimum absolute atomic E-state index is 0.00981. The van der Waals surface area contributed by atoms with E-state index in [9.17, 15) is 4.79 Å². The van der Waals surface area contributed by atoms with Gasteiger partial charge in [0.1, 0.15) is 6.10 Å². The Morgan fingerprint density at radius 1 is 1.11 bits per heavy atom. The van der Waals surface area contributed by atoms with Gasteiger partial charge in [0.15, 0.2) is 11.5 Å². The van der Waals surface area contributed by atoms with Crippen molar-refractivity contribution in [2.45, 2.75) is 36.6 Å². The van der Waals surface area contributed by atoms with Crippen molar-refractivity contribution in [2.24, 2.45) is 0 Å². The van der Waals surface area contributed by atoms with Crippen LogP contribution in [0.2, 0.25) is 0 Å². The summed E-state index contributed by atoms with van der Waals surface area (Å²) in [6.45, 7) is 1.45. The highest BCUT2D eigenvalue weighted by molar-refractivity contribution is 6.04. The maximum Gasteiger partial charge on any atom is 0.339 e. The number of esters is 1. The van der Waals surface area contributed by atoms with Crippen molar-refractivity contribution >= 4 is 16.7 Å². The molecule has 1 saturated heterocycles. The third kappa shape index (κ3) is 2.90. The Kier molecular flexibility index (Phi) is 4.81. The maximum absolute atomic E-state index is 13.7. The molecule has 1 unspecified atom stereocenters. The monoisotopic (exact) mass is 485 g/mol. The predicted octanol–water partition coefficient (Wildman–Crippen LogP) is 4.21. The van der Waals surface area contributed by atoms with Gasteiger partial charge in [-0.15, -0.1) is 0 Å². The van der Waals surface area contributed by atoms with Crippen molar-refractivity contribution in [1.29, 1.82) is 0 Å². The fourth-order valence-corrected chi connectivity index (χ4v) is 6.67. The van der Waals surface area contributed by atoms with Gasteiger partial charge in [-0.1, -0.05) is 48.6 Å². The van der Waals surface area contributed by atoms with Gasteiger partial charge in [0.2, 0.25) is 12.5 Å². The second kappa shape index (κ2) is 7.98. The predicted molar refractivity (Wildman–Crippen MR) is 133 cm³/mol. The lowest BCUT2D eigenvalue weighted by Gasteiger charge is -2.46. The van der Waals surface area contributed by atoms with Crippen LogP contribution in [-0.2, 0) is 21.4 Å². The molecular weight excluding hydrogens is 458 g/mol. The molecule has 184 valence electrons. The molecule has 0 N–H and O–H groups in total. The lowest BCUT2D eigenvalue weighted by Crippen LogP contribution is -2.53. The van der Waals surface area contributed by atoms with Gasteiger partial charge in [-0.25, -0.2) is 4.79 Å². The number of fused-ring (bicyclic) bond motifs is 3. The Morgan fingerprint density at radius 3 is 2.83 bits per heavy atom. The molecule has 4 aliphatic rings. The molecule has 5 atom stereocenters. The van der Waals surface area contributed by atoms with Crippen LogP contribution in [0.25, 0.3) is 10.8 Å². The van der Waals surface area contributed by atoms with Crippen LogP contribution >= 0.6 is 0 Å². The lowest BCUT2D eigenvalue weighted by molar-refractivity contribution is 0.0189. The van der Waals surface area contributed by atoms with Gasteiger partial charge in [-0.2, -0.15) is 0 Å². The topological polar surface area (TPSA) is 66.5 Å². The number of hydrogen-bond acceptors (Lipinski definition) is 7. The number of benzene rings is 3. The lowest BCUT2D eigenvalue weighted by atomic mass is 9.65. The van der Waals surface area contributed by atoms with Gasteiger partial charge in [0, 0.05) is 31.8 Å². The van der Waals surface area contributed by atoms with E-state index in [2.05, 4.69) is 23.1 Å². The molecule has 1 fully saturated rings. The normalized spacial score (nSPS) is 29.1. The highest BCUT2D eigenvalue weighted by Crippen LogP contribution is 2.58. The minimum atomic E-state index is -0.545. The number of rotatable bonds is 4. The van der Waals surface area contributed by atoms with Crippen LogP contribution in [0, 0.1) is 0 Å². The Bertz CT molecular complexity index is 1410. The van der Waals surface area contributed by atoms with Gasteiger partial charge in [0.25, 0.3) is 0 Å². The van der Waals surface area contributed by atoms with Gasteiger partial charge in [-0.05, 0) is 34.9 Å². The molecule has 2 bridgehead atoms. The van der Waals surface area contributed by atoms with Crippen LogP contribution < -0.4 is 14.2 Å². The number of hydrogen-bond donors (Lipinski definition) is 0. The summed E-state index contributed by atoms with van der Waals surface area (Å²) >= 11 is 0. The number of ether oxygens (including phenoxy) is 5. The summed E-state index contributed by atoms with van der Waals surface area (Å²) in [6, 6.07) is 15.8. The van der Waals surface area contributed by atoms with Crippen LogP contribution in [0.1, 0.15) is 27.9 Å². The quantitative estimate of drug-likeness (QED) is 0.405. The summed E-state index contributed by atoms with van der Waals surface area (Å²) in [5.74, 6) is 1.70. The summed E-state index contributed by atoms with van der Waals surface area (Å²) in [7, 11) is 3.40. The number of carbonyl (C=O) groups is 1. The molecule has 7 nitrogen and oxygen atoms in total. The van der Waals surface area contributed by atoms with Crippen molar-refractivity contribution in [1.82, 2.24) is 4.90 Å². The van der Waals surface area contributed by atoms with E-state index >= 15 is 0 Å². The molecule has 1 aliphatic carbocycles. The first-order valence-corrected chi connectivity index (χ1v) is 12.3. The SMILES string of the molecule is COc1c2c(cc3c1OCO3)[C@]13C=C[C@H](OC)C[C@@H]1N(C2)C[C@H]3OC(=O)c1cccc2ccccc12. The highest BCUT2D eigenvalue weighted by Gasteiger charge is 2.61. The van der Waals surface area contributed by atoms with E-state index in [0.717, 1.165) is 28.3 Å². The molecule has 3 heterocycles. The molecule has 7 heteroatoms. The Morgan fingerprint density at radius 2 is 1.97 bits per heavy atom. The van der Waals surface area contributed by atoms with Gasteiger partial charge < -0.3 is 23.7 Å². The summed E-state index contributed by atoms with van der Waals surface area (Å²) in [5.41, 5.74) is 2.17. The van der Waals surface area contributed by atoms with Crippen molar-refractivity contribution in [2.75, 3.05) is 27.6 Å². The van der Waals surface area contributed by atoms with Crippen LogP contribution in [0.4, 0.5) is 0 Å². The molecule has 0 saturated carbocycles. The number of methoxy groups -OCH3 is 2. The van der Waals surface area contributed by atoms with Crippen LogP contribution in [-0.4, -0.2) is 56.7 Å². The van der Waals surface area contributed by atoms with E-state index in [-0.39, 0.29) is 31.0 Å². The van der Waals surface area contributed by atoms with E-state index in [1.807, 2.05) is 42.5 Å². The molecule has 0 amide bonds. The van der Waals surface area contributed by atoms with Crippen molar-refractivity contribution in [3.05, 3.63) is 77.4 Å². The fourth-order valence-electron chi connectivity index (χ4n) is 6.67. The van der Waals surface area contributed by atoms with Gasteiger partial charge in [0.05, 0.1) is 24.2 Å². The molecule has 36 heavy (non-hydrogen) atoms. The van der Waals surface area contributed by atoms with Gasteiger partial charge >= 0.3 is 5.97 Å². The van der Waals surface area contributed by atoms with Crippen LogP contribution in [0.15, 0.2) is 60.7 Å². The second-order valence-corrected chi connectivity index (χ2v) is 9.84. The van der Waals surface area contributed by atoms with E-state index in [0.29, 0.717) is 35.9 Å². The Balaban J connectivity index is 1.36. The first-order chi connectivity index (χ1) is 17.6. The second-order valence-electron chi connectivity index (χ2n) is 9.84. The van der Waals surface area contributed by atoms with Gasteiger partial charge in [-0.3, -0.25) is 4.90 Å². The number of carbonyl (C=O) groups excluding carboxylic acids is 1. The molecule has 0 spiro atoms. The van der Waals surface area contributed by atoms with E-state index in [1.165, 1.54) is 0 Å². The summed E-state index contributed by atoms with van der Waals surface area (Å²) in [4.78, 5) is 16.1. The van der Waals surface area contributed by atoms with Crippen LogP contribution in [0.3, 0.4) is 0 Å². The number of nitrogens with zero attached hydrogens (tertiary/aromatic N) is 1. The third-order valence-electron chi connectivity index (χ3n) is 8.28. The Hall–Kier alpha value is -3.55. The van der Waals surface area contributed by atoms with Crippen molar-refractivity contribution in [3.63, 3.8) is 0 Å². The third-order valence-corrected chi connectivity index (χ3v) is 8.28.